The molecule has 7 nitrogen and oxygen atoms in total. The van der Waals surface area contributed by atoms with Crippen molar-refractivity contribution in [2.24, 2.45) is 11.8 Å². The van der Waals surface area contributed by atoms with Gasteiger partial charge in [0.05, 0.1) is 32.8 Å². The van der Waals surface area contributed by atoms with Crippen molar-refractivity contribution in [3.63, 3.8) is 0 Å². The van der Waals surface area contributed by atoms with E-state index >= 15 is 0 Å². The van der Waals surface area contributed by atoms with Gasteiger partial charge in [0.2, 0.25) is 0 Å². The van der Waals surface area contributed by atoms with Gasteiger partial charge in [-0.05, 0) is 38.5 Å². The Morgan fingerprint density at radius 2 is 1.22 bits per heavy atom. The van der Waals surface area contributed by atoms with Crippen LogP contribution in [0, 0.1) is 11.8 Å². The Bertz CT molecular complexity index is 542. The van der Waals surface area contributed by atoms with E-state index in [2.05, 4.69) is 27.7 Å². The van der Waals surface area contributed by atoms with Crippen LogP contribution in [-0.4, -0.2) is 44.0 Å². The minimum atomic E-state index is -3.88. The number of unbranched alkanes of at least 4 members (excludes halogenated alkanes) is 2. The Morgan fingerprint density at radius 3 is 1.62 bits per heavy atom. The van der Waals surface area contributed by atoms with Gasteiger partial charge < -0.3 is 18.5 Å². The average molecular weight is 479 g/mol. The second kappa shape index (κ2) is 18.5. The maximum Gasteiger partial charge on any atom is 0.345 e. The quantitative estimate of drug-likeness (QED) is 0.145. The molecule has 190 valence electrons. The van der Waals surface area contributed by atoms with Crippen LogP contribution in [0.5, 0.6) is 0 Å². The predicted molar refractivity (Wildman–Crippen MR) is 128 cm³/mol. The molecule has 0 rings (SSSR count). The van der Waals surface area contributed by atoms with Gasteiger partial charge in [0.1, 0.15) is 0 Å². The van der Waals surface area contributed by atoms with E-state index < -0.39 is 25.2 Å². The van der Waals surface area contributed by atoms with Crippen molar-refractivity contribution >= 4 is 19.5 Å². The molecule has 0 N–H and O–H groups in total. The van der Waals surface area contributed by atoms with Crippen molar-refractivity contribution in [2.75, 3.05) is 26.4 Å². The van der Waals surface area contributed by atoms with Crippen LogP contribution in [0.2, 0.25) is 0 Å². The van der Waals surface area contributed by atoms with E-state index in [1.54, 1.807) is 13.8 Å². The van der Waals surface area contributed by atoms with Gasteiger partial charge in [0.25, 0.3) is 0 Å². The molecule has 0 aliphatic carbocycles. The number of esters is 2. The molecule has 0 saturated heterocycles. The van der Waals surface area contributed by atoms with Crippen LogP contribution in [0.3, 0.4) is 0 Å². The van der Waals surface area contributed by atoms with Gasteiger partial charge >= 0.3 is 19.5 Å². The summed E-state index contributed by atoms with van der Waals surface area (Å²) in [5, 5.41) is 0. The minimum Gasteiger partial charge on any atom is -0.465 e. The van der Waals surface area contributed by atoms with Crippen molar-refractivity contribution in [3.8, 4) is 0 Å². The number of carbonyl (C=O) groups is 2. The average Bonchev–Trinajstić information content (AvgIpc) is 2.77. The molecule has 0 aliphatic rings. The summed E-state index contributed by atoms with van der Waals surface area (Å²) in [5.41, 5.74) is -1.32. The monoisotopic (exact) mass is 478 g/mol. The fraction of sp³-hybridized carbons (Fsp3) is 0.917. The highest BCUT2D eigenvalue weighted by atomic mass is 31.2. The molecule has 0 saturated carbocycles. The standard InChI is InChI=1S/C24H47O7P/c1-7-13-15-20(9-3)18-28-23(25)17-22(32(27,30-11-5)31-12-6)24(26)29-19-21(10-4)16-14-8-2/h20-22H,7-19H2,1-6H3/t20-,21+,22+/m1/s1. The third-order valence-electron chi connectivity index (χ3n) is 5.66. The fourth-order valence-electron chi connectivity index (χ4n) is 3.42. The summed E-state index contributed by atoms with van der Waals surface area (Å²) >= 11 is 0. The zero-order chi connectivity index (χ0) is 24.4. The Kier molecular flexibility index (Phi) is 18.0. The summed E-state index contributed by atoms with van der Waals surface area (Å²) in [4.78, 5) is 25.5. The Balaban J connectivity index is 5.27. The van der Waals surface area contributed by atoms with Gasteiger partial charge in [-0.3, -0.25) is 14.2 Å². The zero-order valence-corrected chi connectivity index (χ0v) is 22.1. The molecule has 0 aromatic carbocycles. The Morgan fingerprint density at radius 1 is 0.750 bits per heavy atom. The molecule has 0 aromatic rings. The molecule has 0 heterocycles. The first-order chi connectivity index (χ1) is 15.3. The highest BCUT2D eigenvalue weighted by Crippen LogP contribution is 2.54. The predicted octanol–water partition coefficient (Wildman–Crippen LogP) is 6.53. The Labute approximate surface area is 195 Å². The second-order valence-electron chi connectivity index (χ2n) is 8.24. The molecule has 8 heteroatoms. The first-order valence-electron chi connectivity index (χ1n) is 12.5. The molecular formula is C24H47O7P. The molecule has 0 bridgehead atoms. The molecule has 0 fully saturated rings. The van der Waals surface area contributed by atoms with Crippen LogP contribution >= 0.6 is 7.60 Å². The summed E-state index contributed by atoms with van der Waals surface area (Å²) in [6, 6.07) is 0. The van der Waals surface area contributed by atoms with Gasteiger partial charge in [-0.25, -0.2) is 0 Å². The first-order valence-corrected chi connectivity index (χ1v) is 14.1. The van der Waals surface area contributed by atoms with Crippen molar-refractivity contribution in [1.82, 2.24) is 0 Å². The summed E-state index contributed by atoms with van der Waals surface area (Å²) in [6.45, 7) is 12.4. The summed E-state index contributed by atoms with van der Waals surface area (Å²) in [5.74, 6) is -0.799. The molecule has 0 unspecified atom stereocenters. The van der Waals surface area contributed by atoms with Crippen LogP contribution in [0.1, 0.15) is 99.3 Å². The second-order valence-corrected chi connectivity index (χ2v) is 10.5. The van der Waals surface area contributed by atoms with E-state index in [0.29, 0.717) is 6.61 Å². The van der Waals surface area contributed by atoms with E-state index in [-0.39, 0.29) is 38.1 Å². The van der Waals surface area contributed by atoms with Crippen molar-refractivity contribution in [3.05, 3.63) is 0 Å². The molecule has 0 aromatic heterocycles. The van der Waals surface area contributed by atoms with Crippen molar-refractivity contribution in [1.29, 1.82) is 0 Å². The lowest BCUT2D eigenvalue weighted by Crippen LogP contribution is -2.31. The van der Waals surface area contributed by atoms with Gasteiger partial charge in [0.15, 0.2) is 5.66 Å². The maximum atomic E-state index is 13.4. The zero-order valence-electron chi connectivity index (χ0n) is 21.2. The lowest BCUT2D eigenvalue weighted by molar-refractivity contribution is -0.152. The molecule has 0 amide bonds. The fourth-order valence-corrected chi connectivity index (χ4v) is 5.28. The Hall–Kier alpha value is -0.910. The van der Waals surface area contributed by atoms with Crippen LogP contribution in [0.25, 0.3) is 0 Å². The van der Waals surface area contributed by atoms with Crippen molar-refractivity contribution in [2.45, 2.75) is 105 Å². The van der Waals surface area contributed by atoms with Crippen molar-refractivity contribution < 1.29 is 32.7 Å². The number of rotatable bonds is 20. The largest absolute Gasteiger partial charge is 0.465 e. The SMILES string of the molecule is CCCC[C@@H](CC)COC(=O)C[C@@H](C(=O)OC[C@@H](CC)CCCC)P(=O)(OCC)OCC. The lowest BCUT2D eigenvalue weighted by Gasteiger charge is -2.25. The summed E-state index contributed by atoms with van der Waals surface area (Å²) in [7, 11) is -3.88. The minimum absolute atomic E-state index is 0.0963. The molecule has 0 spiro atoms. The molecular weight excluding hydrogens is 431 g/mol. The summed E-state index contributed by atoms with van der Waals surface area (Å²) < 4.78 is 35.1. The lowest BCUT2D eigenvalue weighted by atomic mass is 10.0. The van der Waals surface area contributed by atoms with Gasteiger partial charge in [-0.1, -0.05) is 66.2 Å². The van der Waals surface area contributed by atoms with Gasteiger partial charge in [0, 0.05) is 0 Å². The normalized spacial score (nSPS) is 14.6. The maximum absolute atomic E-state index is 13.4. The van der Waals surface area contributed by atoms with Crippen LogP contribution in [0.15, 0.2) is 0 Å². The van der Waals surface area contributed by atoms with Crippen LogP contribution in [-0.2, 0) is 32.7 Å². The molecule has 32 heavy (non-hydrogen) atoms. The third-order valence-corrected chi connectivity index (χ3v) is 8.05. The molecule has 3 atom stereocenters. The van der Waals surface area contributed by atoms with Crippen LogP contribution in [0.4, 0.5) is 0 Å². The van der Waals surface area contributed by atoms with E-state index in [4.69, 9.17) is 18.5 Å². The van der Waals surface area contributed by atoms with E-state index in [1.807, 2.05) is 0 Å². The number of ether oxygens (including phenoxy) is 2. The van der Waals surface area contributed by atoms with E-state index in [9.17, 15) is 14.2 Å². The molecule has 0 radical (unpaired) electrons. The van der Waals surface area contributed by atoms with E-state index in [0.717, 1.165) is 51.4 Å². The number of carbonyl (C=O) groups excluding carboxylic acids is 2. The van der Waals surface area contributed by atoms with E-state index in [1.165, 1.54) is 0 Å². The highest BCUT2D eigenvalue weighted by molar-refractivity contribution is 7.55. The van der Waals surface area contributed by atoms with Gasteiger partial charge in [-0.15, -0.1) is 0 Å². The highest BCUT2D eigenvalue weighted by Gasteiger charge is 2.44. The first kappa shape index (κ1) is 31.1. The number of hydrogen-bond donors (Lipinski definition) is 0. The third kappa shape index (κ3) is 12.4. The molecule has 0 aliphatic heterocycles. The van der Waals surface area contributed by atoms with Crippen LogP contribution < -0.4 is 0 Å². The smallest absolute Gasteiger partial charge is 0.345 e. The number of hydrogen-bond acceptors (Lipinski definition) is 7. The topological polar surface area (TPSA) is 88.1 Å². The summed E-state index contributed by atoms with van der Waals surface area (Å²) in [6.07, 6.45) is 7.63. The van der Waals surface area contributed by atoms with Gasteiger partial charge in [-0.2, -0.15) is 0 Å².